The zero-order valence-electron chi connectivity index (χ0n) is 11.6. The molecule has 0 rings (SSSR count). The van der Waals surface area contributed by atoms with E-state index in [1.54, 1.807) is 0 Å². The molecule has 8 nitrogen and oxygen atoms in total. The lowest BCUT2D eigenvalue weighted by Gasteiger charge is -1.81. The summed E-state index contributed by atoms with van der Waals surface area (Å²) in [6.07, 6.45) is 4.80. The van der Waals surface area contributed by atoms with Gasteiger partial charge in [-0.1, -0.05) is 25.3 Å². The summed E-state index contributed by atoms with van der Waals surface area (Å²) in [7, 11) is 0. The summed E-state index contributed by atoms with van der Waals surface area (Å²) in [5.74, 6) is -2.45. The Morgan fingerprint density at radius 3 is 1.18 bits per heavy atom. The van der Waals surface area contributed by atoms with Gasteiger partial charge in [0.05, 0.1) is 13.2 Å². The van der Waals surface area contributed by atoms with Crippen LogP contribution < -0.4 is 0 Å². The van der Waals surface area contributed by atoms with Gasteiger partial charge in [-0.05, 0) is 12.2 Å². The molecular formula is C14H16N2O6. The first-order valence-corrected chi connectivity index (χ1v) is 5.50. The Kier molecular flexibility index (Phi) is 19.3. The molecule has 0 aliphatic carbocycles. The highest BCUT2D eigenvalue weighted by Gasteiger charge is 2.02. The van der Waals surface area contributed by atoms with Crippen LogP contribution >= 0.6 is 0 Å². The van der Waals surface area contributed by atoms with Gasteiger partial charge in [0.25, 0.3) is 0 Å². The molecule has 118 valence electrons. The SMILES string of the molecule is C=CC=C(C#N)C(=O)O.C=CC=C(C#N)C(=O)O.OCCO. The fraction of sp³-hybridized carbons (Fsp3) is 0.143. The number of nitriles is 2. The van der Waals surface area contributed by atoms with Crippen LogP contribution in [0.2, 0.25) is 0 Å². The average molecular weight is 308 g/mol. The lowest BCUT2D eigenvalue weighted by Crippen LogP contribution is -1.96. The minimum atomic E-state index is -1.22. The van der Waals surface area contributed by atoms with Crippen molar-refractivity contribution in [2.45, 2.75) is 0 Å². The lowest BCUT2D eigenvalue weighted by molar-refractivity contribution is -0.133. The van der Waals surface area contributed by atoms with E-state index in [-0.39, 0.29) is 24.4 Å². The molecule has 0 atom stereocenters. The van der Waals surface area contributed by atoms with Crippen molar-refractivity contribution >= 4 is 11.9 Å². The fourth-order valence-electron chi connectivity index (χ4n) is 0.548. The Morgan fingerprint density at radius 2 is 1.14 bits per heavy atom. The normalized spacial score (nSPS) is 9.45. The first kappa shape index (κ1) is 23.9. The van der Waals surface area contributed by atoms with Crippen molar-refractivity contribution in [2.24, 2.45) is 0 Å². The van der Waals surface area contributed by atoms with Crippen LogP contribution in [0, 0.1) is 22.7 Å². The van der Waals surface area contributed by atoms with Crippen molar-refractivity contribution in [3.8, 4) is 12.1 Å². The summed E-state index contributed by atoms with van der Waals surface area (Å²) in [6, 6.07) is 2.99. The second kappa shape index (κ2) is 17.8. The number of carboxylic acids is 2. The van der Waals surface area contributed by atoms with Gasteiger partial charge in [0, 0.05) is 0 Å². The summed E-state index contributed by atoms with van der Waals surface area (Å²) in [6.45, 7) is 6.23. The van der Waals surface area contributed by atoms with E-state index < -0.39 is 11.9 Å². The molecular weight excluding hydrogens is 292 g/mol. The van der Waals surface area contributed by atoms with Crippen molar-refractivity contribution < 1.29 is 30.0 Å². The monoisotopic (exact) mass is 308 g/mol. The average Bonchev–Trinajstić information content (AvgIpc) is 2.50. The van der Waals surface area contributed by atoms with Gasteiger partial charge in [-0.15, -0.1) is 0 Å². The van der Waals surface area contributed by atoms with Gasteiger partial charge in [-0.25, -0.2) is 9.59 Å². The third-order valence-electron chi connectivity index (χ3n) is 1.37. The fourth-order valence-corrected chi connectivity index (χ4v) is 0.548. The summed E-state index contributed by atoms with van der Waals surface area (Å²) in [4.78, 5) is 20.0. The van der Waals surface area contributed by atoms with Gasteiger partial charge in [0.2, 0.25) is 0 Å². The molecule has 0 spiro atoms. The number of carboxylic acid groups (broad SMARTS) is 2. The van der Waals surface area contributed by atoms with Crippen LogP contribution in [0.5, 0.6) is 0 Å². The van der Waals surface area contributed by atoms with Crippen LogP contribution in [0.3, 0.4) is 0 Å². The Bertz CT molecular complexity index is 472. The maximum absolute atomic E-state index is 9.98. The molecule has 0 fully saturated rings. The molecule has 4 N–H and O–H groups in total. The molecule has 8 heteroatoms. The second-order valence-electron chi connectivity index (χ2n) is 2.91. The molecule has 0 aromatic rings. The molecule has 0 heterocycles. The van der Waals surface area contributed by atoms with Gasteiger partial charge in [-0.2, -0.15) is 10.5 Å². The number of aliphatic hydroxyl groups is 2. The highest BCUT2D eigenvalue weighted by atomic mass is 16.4. The Hall–Kier alpha value is -3.20. The highest BCUT2D eigenvalue weighted by molar-refractivity contribution is 5.91. The smallest absolute Gasteiger partial charge is 0.346 e. The van der Waals surface area contributed by atoms with Crippen LogP contribution in [0.15, 0.2) is 48.6 Å². The van der Waals surface area contributed by atoms with E-state index in [2.05, 4.69) is 13.2 Å². The summed E-state index contributed by atoms with van der Waals surface area (Å²) >= 11 is 0. The number of aliphatic carboxylic acids is 2. The van der Waals surface area contributed by atoms with E-state index in [9.17, 15) is 9.59 Å². The molecule has 0 saturated heterocycles. The summed E-state index contributed by atoms with van der Waals surface area (Å²) < 4.78 is 0. The van der Waals surface area contributed by atoms with Crippen molar-refractivity contribution in [1.29, 1.82) is 10.5 Å². The van der Waals surface area contributed by atoms with Crippen LogP contribution in [0.4, 0.5) is 0 Å². The standard InChI is InChI=1S/2C6H5NO2.C2H6O2/c2*1-2-3-5(4-7)6(8)9;3-1-2-4/h2*2-3H,1H2,(H,8,9);3-4H,1-2H2. The quantitative estimate of drug-likeness (QED) is 0.322. The van der Waals surface area contributed by atoms with Crippen LogP contribution in [0.1, 0.15) is 0 Å². The zero-order valence-corrected chi connectivity index (χ0v) is 11.6. The first-order chi connectivity index (χ1) is 10.4. The van der Waals surface area contributed by atoms with Crippen LogP contribution in [-0.2, 0) is 9.59 Å². The third-order valence-corrected chi connectivity index (χ3v) is 1.37. The van der Waals surface area contributed by atoms with Crippen LogP contribution in [0.25, 0.3) is 0 Å². The molecule has 0 amide bonds. The topological polar surface area (TPSA) is 163 Å². The van der Waals surface area contributed by atoms with Crippen molar-refractivity contribution in [2.75, 3.05) is 13.2 Å². The third kappa shape index (κ3) is 16.8. The number of allylic oxidation sites excluding steroid dienone is 4. The molecule has 0 unspecified atom stereocenters. The van der Waals surface area contributed by atoms with E-state index in [1.165, 1.54) is 24.3 Å². The Morgan fingerprint density at radius 1 is 0.864 bits per heavy atom. The van der Waals surface area contributed by atoms with E-state index in [4.69, 9.17) is 30.9 Å². The maximum Gasteiger partial charge on any atom is 0.346 e. The molecule has 0 aromatic heterocycles. The number of hydrogen-bond acceptors (Lipinski definition) is 6. The molecule has 22 heavy (non-hydrogen) atoms. The molecule has 0 aliphatic heterocycles. The van der Waals surface area contributed by atoms with Crippen molar-refractivity contribution in [1.82, 2.24) is 0 Å². The minimum absolute atomic E-state index is 0.125. The highest BCUT2D eigenvalue weighted by Crippen LogP contribution is 1.91. The first-order valence-electron chi connectivity index (χ1n) is 5.50. The zero-order chi connectivity index (χ0) is 18.0. The second-order valence-corrected chi connectivity index (χ2v) is 2.91. The van der Waals surface area contributed by atoms with E-state index in [1.807, 2.05) is 0 Å². The van der Waals surface area contributed by atoms with Gasteiger partial charge >= 0.3 is 11.9 Å². The largest absolute Gasteiger partial charge is 0.477 e. The predicted molar refractivity (Wildman–Crippen MR) is 77.2 cm³/mol. The Labute approximate surface area is 127 Å². The molecule has 0 bridgehead atoms. The van der Waals surface area contributed by atoms with Gasteiger partial charge < -0.3 is 20.4 Å². The lowest BCUT2D eigenvalue weighted by atomic mass is 10.3. The van der Waals surface area contributed by atoms with Gasteiger partial charge in [-0.3, -0.25) is 0 Å². The number of rotatable bonds is 5. The molecule has 0 saturated carbocycles. The van der Waals surface area contributed by atoms with E-state index in [0.29, 0.717) is 0 Å². The number of aliphatic hydroxyl groups excluding tert-OH is 2. The minimum Gasteiger partial charge on any atom is -0.477 e. The van der Waals surface area contributed by atoms with Gasteiger partial charge in [0.15, 0.2) is 0 Å². The Balaban J connectivity index is -0.000000266. The maximum atomic E-state index is 9.98. The van der Waals surface area contributed by atoms with Gasteiger partial charge in [0.1, 0.15) is 23.3 Å². The van der Waals surface area contributed by atoms with E-state index in [0.717, 1.165) is 12.2 Å². The molecule has 0 radical (unpaired) electrons. The molecule has 0 aliphatic rings. The van der Waals surface area contributed by atoms with Crippen LogP contribution in [-0.4, -0.2) is 45.6 Å². The number of nitrogens with zero attached hydrogens (tertiary/aromatic N) is 2. The summed E-state index contributed by atoms with van der Waals surface area (Å²) in [5, 5.41) is 47.7. The number of hydrogen-bond donors (Lipinski definition) is 4. The predicted octanol–water partition coefficient (Wildman–Crippen LogP) is 0.385. The van der Waals surface area contributed by atoms with Crippen molar-refractivity contribution in [3.05, 3.63) is 48.6 Å². The molecule has 0 aromatic carbocycles. The van der Waals surface area contributed by atoms with E-state index >= 15 is 0 Å². The van der Waals surface area contributed by atoms with Crippen molar-refractivity contribution in [3.63, 3.8) is 0 Å². The summed E-state index contributed by atoms with van der Waals surface area (Å²) in [5.41, 5.74) is -0.602. The number of carbonyl (C=O) groups is 2.